The highest BCUT2D eigenvalue weighted by atomic mass is 32.1. The maximum absolute atomic E-state index is 5.45. The van der Waals surface area contributed by atoms with Gasteiger partial charge in [-0.15, -0.1) is 0 Å². The summed E-state index contributed by atoms with van der Waals surface area (Å²) in [4.78, 5) is 2.30. The van der Waals surface area contributed by atoms with Crippen molar-refractivity contribution in [2.24, 2.45) is 0 Å². The van der Waals surface area contributed by atoms with E-state index in [9.17, 15) is 0 Å². The Kier molecular flexibility index (Phi) is 3.78. The van der Waals surface area contributed by atoms with Crippen LogP contribution in [0.15, 0.2) is 30.3 Å². The summed E-state index contributed by atoms with van der Waals surface area (Å²) in [5.74, 6) is 0. The van der Waals surface area contributed by atoms with Crippen LogP contribution >= 0.6 is 12.2 Å². The molecule has 1 N–H and O–H groups in total. The zero-order chi connectivity index (χ0) is 11.4. The number of para-hydroxylation sites is 1. The van der Waals surface area contributed by atoms with E-state index in [4.69, 9.17) is 12.2 Å². The Balaban J connectivity index is 1.97. The molecule has 0 bridgehead atoms. The lowest BCUT2D eigenvalue weighted by Crippen LogP contribution is -2.44. The van der Waals surface area contributed by atoms with Gasteiger partial charge in [0.1, 0.15) is 0 Å². The van der Waals surface area contributed by atoms with Gasteiger partial charge in [-0.05, 0) is 50.5 Å². The molecule has 1 fully saturated rings. The molecule has 1 aliphatic heterocycles. The van der Waals surface area contributed by atoms with E-state index in [0.29, 0.717) is 6.04 Å². The topological polar surface area (TPSA) is 15.3 Å². The molecule has 0 aliphatic carbocycles. The number of anilines is 1. The number of rotatable bonds is 1. The smallest absolute Gasteiger partial charge is 0.173 e. The highest BCUT2D eigenvalue weighted by molar-refractivity contribution is 7.80. The van der Waals surface area contributed by atoms with Crippen molar-refractivity contribution in [2.75, 3.05) is 11.9 Å². The molecule has 1 atom stereocenters. The quantitative estimate of drug-likeness (QED) is 0.751. The molecule has 3 heteroatoms. The van der Waals surface area contributed by atoms with E-state index < -0.39 is 0 Å². The predicted molar refractivity (Wildman–Crippen MR) is 72.7 cm³/mol. The molecule has 0 saturated carbocycles. The zero-order valence-electron chi connectivity index (χ0n) is 9.65. The van der Waals surface area contributed by atoms with E-state index in [-0.39, 0.29) is 0 Å². The fourth-order valence-electron chi connectivity index (χ4n) is 2.12. The van der Waals surface area contributed by atoms with Crippen molar-refractivity contribution in [1.29, 1.82) is 0 Å². The van der Waals surface area contributed by atoms with Crippen LogP contribution in [0.25, 0.3) is 0 Å². The monoisotopic (exact) mass is 234 g/mol. The van der Waals surface area contributed by atoms with Crippen LogP contribution in [0.5, 0.6) is 0 Å². The van der Waals surface area contributed by atoms with E-state index in [0.717, 1.165) is 17.3 Å². The van der Waals surface area contributed by atoms with Crippen LogP contribution in [0.2, 0.25) is 0 Å². The van der Waals surface area contributed by atoms with Crippen LogP contribution in [-0.2, 0) is 0 Å². The number of piperidine rings is 1. The van der Waals surface area contributed by atoms with Gasteiger partial charge in [0.15, 0.2) is 5.11 Å². The summed E-state index contributed by atoms with van der Waals surface area (Å²) >= 11 is 5.45. The van der Waals surface area contributed by atoms with Gasteiger partial charge in [0.25, 0.3) is 0 Å². The Morgan fingerprint density at radius 1 is 1.31 bits per heavy atom. The Morgan fingerprint density at radius 3 is 2.75 bits per heavy atom. The number of nitrogens with zero attached hydrogens (tertiary/aromatic N) is 1. The zero-order valence-corrected chi connectivity index (χ0v) is 10.5. The molecule has 0 radical (unpaired) electrons. The molecule has 2 nitrogen and oxygen atoms in total. The van der Waals surface area contributed by atoms with Crippen LogP contribution in [0.4, 0.5) is 5.69 Å². The van der Waals surface area contributed by atoms with Crippen molar-refractivity contribution in [2.45, 2.75) is 32.2 Å². The molecule has 0 aromatic heterocycles. The van der Waals surface area contributed by atoms with Crippen LogP contribution in [0.3, 0.4) is 0 Å². The van der Waals surface area contributed by atoms with Gasteiger partial charge >= 0.3 is 0 Å². The van der Waals surface area contributed by atoms with Crippen molar-refractivity contribution < 1.29 is 0 Å². The second-order valence-electron chi connectivity index (χ2n) is 4.33. The first-order valence-electron chi connectivity index (χ1n) is 5.90. The summed E-state index contributed by atoms with van der Waals surface area (Å²) in [6, 6.07) is 10.7. The summed E-state index contributed by atoms with van der Waals surface area (Å²) in [5.41, 5.74) is 1.07. The molecular formula is C13H18N2S. The number of hydrogen-bond donors (Lipinski definition) is 1. The normalized spacial score (nSPS) is 20.6. The molecule has 0 spiro atoms. The third kappa shape index (κ3) is 2.73. The Bertz CT molecular complexity index is 350. The van der Waals surface area contributed by atoms with E-state index in [1.165, 1.54) is 19.3 Å². The standard InChI is InChI=1S/C13H18N2S/c1-11-7-5-6-10-15(11)13(16)14-12-8-3-2-4-9-12/h2-4,8-9,11H,5-7,10H2,1H3,(H,14,16)/t11-/m1/s1. The van der Waals surface area contributed by atoms with E-state index in [1.807, 2.05) is 30.3 Å². The average Bonchev–Trinajstić information content (AvgIpc) is 2.31. The fourth-order valence-corrected chi connectivity index (χ4v) is 2.51. The minimum Gasteiger partial charge on any atom is -0.346 e. The van der Waals surface area contributed by atoms with Crippen LogP contribution in [-0.4, -0.2) is 22.6 Å². The largest absolute Gasteiger partial charge is 0.346 e. The predicted octanol–water partition coefficient (Wildman–Crippen LogP) is 3.26. The van der Waals surface area contributed by atoms with Crippen molar-refractivity contribution in [3.63, 3.8) is 0 Å². The lowest BCUT2D eigenvalue weighted by Gasteiger charge is -2.35. The van der Waals surface area contributed by atoms with Gasteiger partial charge in [0, 0.05) is 18.3 Å². The van der Waals surface area contributed by atoms with E-state index >= 15 is 0 Å². The van der Waals surface area contributed by atoms with Crippen molar-refractivity contribution in [1.82, 2.24) is 4.90 Å². The summed E-state index contributed by atoms with van der Waals surface area (Å²) in [6.45, 7) is 3.33. The SMILES string of the molecule is C[C@@H]1CCCCN1C(=S)Nc1ccccc1. The average molecular weight is 234 g/mol. The third-order valence-electron chi connectivity index (χ3n) is 3.09. The molecule has 16 heavy (non-hydrogen) atoms. The van der Waals surface area contributed by atoms with Gasteiger partial charge < -0.3 is 10.2 Å². The third-order valence-corrected chi connectivity index (χ3v) is 3.43. The summed E-state index contributed by atoms with van der Waals surface area (Å²) in [7, 11) is 0. The molecule has 1 saturated heterocycles. The summed E-state index contributed by atoms with van der Waals surface area (Å²) in [5, 5.41) is 4.16. The number of thiocarbonyl (C=S) groups is 1. The lowest BCUT2D eigenvalue weighted by molar-refractivity contribution is 0.262. The number of nitrogens with one attached hydrogen (secondary N) is 1. The maximum atomic E-state index is 5.45. The number of hydrogen-bond acceptors (Lipinski definition) is 1. The molecule has 1 aromatic rings. The van der Waals surface area contributed by atoms with Gasteiger partial charge in [-0.2, -0.15) is 0 Å². The van der Waals surface area contributed by atoms with E-state index in [1.54, 1.807) is 0 Å². The van der Waals surface area contributed by atoms with Crippen LogP contribution < -0.4 is 5.32 Å². The van der Waals surface area contributed by atoms with Gasteiger partial charge in [0.05, 0.1) is 0 Å². The van der Waals surface area contributed by atoms with Gasteiger partial charge in [-0.1, -0.05) is 18.2 Å². The van der Waals surface area contributed by atoms with Crippen molar-refractivity contribution >= 4 is 23.0 Å². The second-order valence-corrected chi connectivity index (χ2v) is 4.72. The molecule has 1 aliphatic rings. The minimum absolute atomic E-state index is 0.567. The minimum atomic E-state index is 0.567. The molecule has 1 heterocycles. The van der Waals surface area contributed by atoms with Crippen molar-refractivity contribution in [3.8, 4) is 0 Å². The molecular weight excluding hydrogens is 216 g/mol. The number of likely N-dealkylation sites (tertiary alicyclic amines) is 1. The Hall–Kier alpha value is -1.09. The molecule has 0 unspecified atom stereocenters. The first-order valence-corrected chi connectivity index (χ1v) is 6.31. The van der Waals surface area contributed by atoms with Crippen LogP contribution in [0, 0.1) is 0 Å². The number of benzene rings is 1. The van der Waals surface area contributed by atoms with Gasteiger partial charge in [0.2, 0.25) is 0 Å². The lowest BCUT2D eigenvalue weighted by atomic mass is 10.0. The summed E-state index contributed by atoms with van der Waals surface area (Å²) < 4.78 is 0. The van der Waals surface area contributed by atoms with Gasteiger partial charge in [-0.25, -0.2) is 0 Å². The summed E-state index contributed by atoms with van der Waals surface area (Å²) in [6.07, 6.45) is 3.82. The van der Waals surface area contributed by atoms with Gasteiger partial charge in [-0.3, -0.25) is 0 Å². The molecule has 2 rings (SSSR count). The molecule has 1 aromatic carbocycles. The van der Waals surface area contributed by atoms with Crippen LogP contribution in [0.1, 0.15) is 26.2 Å². The van der Waals surface area contributed by atoms with Crippen molar-refractivity contribution in [3.05, 3.63) is 30.3 Å². The fraction of sp³-hybridized carbons (Fsp3) is 0.462. The first-order chi connectivity index (χ1) is 7.77. The first kappa shape index (κ1) is 11.4. The highest BCUT2D eigenvalue weighted by Gasteiger charge is 2.20. The Morgan fingerprint density at radius 2 is 2.06 bits per heavy atom. The Labute approximate surface area is 103 Å². The molecule has 0 amide bonds. The molecule has 86 valence electrons. The highest BCUT2D eigenvalue weighted by Crippen LogP contribution is 2.18. The second kappa shape index (κ2) is 5.30. The maximum Gasteiger partial charge on any atom is 0.173 e. The van der Waals surface area contributed by atoms with E-state index in [2.05, 4.69) is 17.1 Å².